The maximum atomic E-state index is 5.82. The molecule has 2 aromatic rings. The predicted octanol–water partition coefficient (Wildman–Crippen LogP) is 4.44. The third-order valence-corrected chi connectivity index (χ3v) is 5.60. The molecule has 1 aromatic carbocycles. The van der Waals surface area contributed by atoms with E-state index in [1.807, 2.05) is 0 Å². The molecule has 0 saturated heterocycles. The van der Waals surface area contributed by atoms with Crippen LogP contribution >= 0.6 is 34.9 Å². The Hall–Kier alpha value is -0.720. The quantitative estimate of drug-likeness (QED) is 0.555. The predicted molar refractivity (Wildman–Crippen MR) is 88.4 cm³/mol. The van der Waals surface area contributed by atoms with E-state index < -0.39 is 0 Å². The molecule has 0 bridgehead atoms. The fraction of sp³-hybridized carbons (Fsp3) is 0.429. The summed E-state index contributed by atoms with van der Waals surface area (Å²) in [5, 5.41) is 8.30. The number of rotatable bonds is 7. The van der Waals surface area contributed by atoms with Crippen molar-refractivity contribution in [2.75, 3.05) is 18.1 Å². The zero-order chi connectivity index (χ0) is 14.4. The number of aryl methyl sites for hydroxylation is 2. The van der Waals surface area contributed by atoms with Gasteiger partial charge < -0.3 is 4.74 Å². The molecule has 3 nitrogen and oxygen atoms in total. The highest BCUT2D eigenvalue weighted by molar-refractivity contribution is 8.03. The molecule has 0 radical (unpaired) electrons. The summed E-state index contributed by atoms with van der Waals surface area (Å²) < 4.78 is 7.89. The lowest BCUT2D eigenvalue weighted by molar-refractivity contribution is 0.341. The lowest BCUT2D eigenvalue weighted by Crippen LogP contribution is -2.01. The first-order chi connectivity index (χ1) is 9.69. The molecule has 0 saturated carbocycles. The molecular formula is C14H18N2OS3. The van der Waals surface area contributed by atoms with Gasteiger partial charge in [0.2, 0.25) is 0 Å². The van der Waals surface area contributed by atoms with E-state index in [1.54, 1.807) is 34.9 Å². The van der Waals surface area contributed by atoms with Crippen LogP contribution in [-0.2, 0) is 0 Å². The number of thioether (sulfide) groups is 2. The maximum Gasteiger partial charge on any atom is 0.175 e. The third-order valence-electron chi connectivity index (χ3n) is 2.57. The van der Waals surface area contributed by atoms with Crippen molar-refractivity contribution >= 4 is 34.9 Å². The van der Waals surface area contributed by atoms with Crippen LogP contribution in [-0.4, -0.2) is 28.3 Å². The van der Waals surface area contributed by atoms with Gasteiger partial charge in [-0.1, -0.05) is 53.9 Å². The minimum Gasteiger partial charge on any atom is -0.492 e. The van der Waals surface area contributed by atoms with E-state index in [2.05, 4.69) is 49.2 Å². The van der Waals surface area contributed by atoms with Gasteiger partial charge in [0.1, 0.15) is 5.75 Å². The number of ether oxygens (including phenoxy) is 1. The van der Waals surface area contributed by atoms with Crippen molar-refractivity contribution < 1.29 is 4.74 Å². The number of aromatic nitrogens is 2. The number of benzene rings is 1. The van der Waals surface area contributed by atoms with E-state index in [0.29, 0.717) is 6.61 Å². The van der Waals surface area contributed by atoms with Crippen molar-refractivity contribution in [3.05, 3.63) is 29.3 Å². The number of nitrogens with zero attached hydrogens (tertiary/aromatic N) is 2. The second kappa shape index (κ2) is 7.90. The first-order valence-electron chi connectivity index (χ1n) is 6.48. The summed E-state index contributed by atoms with van der Waals surface area (Å²) in [5.74, 6) is 2.90. The minimum atomic E-state index is 0.685. The lowest BCUT2D eigenvalue weighted by atomic mass is 10.1. The summed E-state index contributed by atoms with van der Waals surface area (Å²) in [7, 11) is 0. The molecule has 20 heavy (non-hydrogen) atoms. The number of hydrogen-bond donors (Lipinski definition) is 0. The van der Waals surface area contributed by atoms with Gasteiger partial charge in [0.15, 0.2) is 8.68 Å². The zero-order valence-corrected chi connectivity index (χ0v) is 14.3. The van der Waals surface area contributed by atoms with Gasteiger partial charge in [-0.25, -0.2) is 0 Å². The van der Waals surface area contributed by atoms with Crippen molar-refractivity contribution in [1.29, 1.82) is 0 Å². The van der Waals surface area contributed by atoms with Crippen LogP contribution in [0, 0.1) is 13.8 Å². The van der Waals surface area contributed by atoms with Crippen LogP contribution in [0.3, 0.4) is 0 Å². The van der Waals surface area contributed by atoms with Crippen LogP contribution in [0.2, 0.25) is 0 Å². The highest BCUT2D eigenvalue weighted by Crippen LogP contribution is 2.28. The van der Waals surface area contributed by atoms with Crippen molar-refractivity contribution in [3.63, 3.8) is 0 Å². The highest BCUT2D eigenvalue weighted by Gasteiger charge is 2.05. The Morgan fingerprint density at radius 3 is 2.65 bits per heavy atom. The third kappa shape index (κ3) is 4.68. The summed E-state index contributed by atoms with van der Waals surface area (Å²) in [6.07, 6.45) is 0. The van der Waals surface area contributed by atoms with Crippen molar-refractivity contribution in [1.82, 2.24) is 10.2 Å². The molecule has 0 fully saturated rings. The first-order valence-corrected chi connectivity index (χ1v) is 9.27. The van der Waals surface area contributed by atoms with Gasteiger partial charge in [0, 0.05) is 5.75 Å². The Labute approximate surface area is 132 Å². The van der Waals surface area contributed by atoms with Gasteiger partial charge in [-0.05, 0) is 36.8 Å². The Kier molecular flexibility index (Phi) is 6.19. The van der Waals surface area contributed by atoms with Gasteiger partial charge in [-0.3, -0.25) is 0 Å². The average Bonchev–Trinajstić information content (AvgIpc) is 2.87. The fourth-order valence-corrected chi connectivity index (χ4v) is 4.39. The molecule has 0 aliphatic carbocycles. The SMILES string of the molecule is CCSc1nnc(SCCOc2cc(C)ccc2C)s1. The standard InChI is InChI=1S/C14H18N2OS3/c1-4-18-13-15-16-14(20-13)19-8-7-17-12-9-10(2)5-6-11(12)3/h5-6,9H,4,7-8H2,1-3H3. The van der Waals surface area contributed by atoms with Crippen LogP contribution in [0.4, 0.5) is 0 Å². The molecule has 6 heteroatoms. The molecule has 0 aliphatic heterocycles. The molecule has 1 aromatic heterocycles. The fourth-order valence-electron chi connectivity index (χ4n) is 1.58. The van der Waals surface area contributed by atoms with Gasteiger partial charge in [0.05, 0.1) is 6.61 Å². The Morgan fingerprint density at radius 1 is 1.15 bits per heavy atom. The van der Waals surface area contributed by atoms with Gasteiger partial charge in [-0.2, -0.15) is 0 Å². The molecule has 0 amide bonds. The zero-order valence-electron chi connectivity index (χ0n) is 11.9. The average molecular weight is 327 g/mol. The molecule has 0 unspecified atom stereocenters. The van der Waals surface area contributed by atoms with Gasteiger partial charge >= 0.3 is 0 Å². The smallest absolute Gasteiger partial charge is 0.175 e. The topological polar surface area (TPSA) is 35.0 Å². The lowest BCUT2D eigenvalue weighted by Gasteiger charge is -2.09. The normalized spacial score (nSPS) is 10.8. The molecule has 0 aliphatic rings. The molecule has 108 valence electrons. The summed E-state index contributed by atoms with van der Waals surface area (Å²) >= 11 is 5.10. The van der Waals surface area contributed by atoms with Crippen LogP contribution in [0.15, 0.2) is 26.9 Å². The van der Waals surface area contributed by atoms with Crippen molar-refractivity contribution in [2.45, 2.75) is 29.5 Å². The Bertz CT molecular complexity index is 557. The molecule has 0 atom stereocenters. The highest BCUT2D eigenvalue weighted by atomic mass is 32.2. The molecule has 0 N–H and O–H groups in total. The van der Waals surface area contributed by atoms with E-state index in [-0.39, 0.29) is 0 Å². The minimum absolute atomic E-state index is 0.685. The number of hydrogen-bond acceptors (Lipinski definition) is 6. The maximum absolute atomic E-state index is 5.82. The molecule has 0 spiro atoms. The summed E-state index contributed by atoms with van der Waals surface area (Å²) in [6, 6.07) is 6.28. The summed E-state index contributed by atoms with van der Waals surface area (Å²) in [6.45, 7) is 6.96. The van der Waals surface area contributed by atoms with Crippen molar-refractivity contribution in [3.8, 4) is 5.75 Å². The second-order valence-corrected chi connectivity index (χ2v) is 8.06. The van der Waals surface area contributed by atoms with E-state index in [9.17, 15) is 0 Å². The monoisotopic (exact) mass is 326 g/mol. The van der Waals surface area contributed by atoms with Crippen LogP contribution in [0.1, 0.15) is 18.1 Å². The van der Waals surface area contributed by atoms with Crippen LogP contribution in [0.25, 0.3) is 0 Å². The first kappa shape index (κ1) is 15.7. The molecular weight excluding hydrogens is 308 g/mol. The second-order valence-electron chi connectivity index (χ2n) is 4.23. The molecule has 2 rings (SSSR count). The van der Waals surface area contributed by atoms with E-state index in [4.69, 9.17) is 4.74 Å². The Balaban J connectivity index is 1.77. The largest absolute Gasteiger partial charge is 0.492 e. The van der Waals surface area contributed by atoms with E-state index in [1.165, 1.54) is 11.1 Å². The Morgan fingerprint density at radius 2 is 1.90 bits per heavy atom. The van der Waals surface area contributed by atoms with Crippen LogP contribution < -0.4 is 4.74 Å². The van der Waals surface area contributed by atoms with Crippen LogP contribution in [0.5, 0.6) is 5.75 Å². The van der Waals surface area contributed by atoms with Gasteiger partial charge in [-0.15, -0.1) is 10.2 Å². The van der Waals surface area contributed by atoms with E-state index in [0.717, 1.165) is 25.9 Å². The van der Waals surface area contributed by atoms with Gasteiger partial charge in [0.25, 0.3) is 0 Å². The molecule has 1 heterocycles. The summed E-state index contributed by atoms with van der Waals surface area (Å²) in [4.78, 5) is 0. The van der Waals surface area contributed by atoms with Crippen molar-refractivity contribution in [2.24, 2.45) is 0 Å². The van der Waals surface area contributed by atoms with E-state index >= 15 is 0 Å². The summed E-state index contributed by atoms with van der Waals surface area (Å²) in [5.41, 5.74) is 2.40.